The monoisotopic (exact) mass is 774 g/mol. The van der Waals surface area contributed by atoms with Crippen LogP contribution in [0.3, 0.4) is 0 Å². The lowest BCUT2D eigenvalue weighted by Gasteiger charge is -2.26. The Labute approximate surface area is 333 Å². The number of carbonyl (C=O) groups is 3. The standard InChI is InChI=1S/C9H13NO.C9H18O2.C9H20O.C8H16O3.C8H16O2.CH4/c1-8(2)11-7-9-4-3-5-10-6-9;1-7(2)6-9(4,5)11-8(3)10;1-5-9(10,6-2)7-8(3)4;1-6(2)11-8(3,4)7(9)10-5;1-6(2)10-7(9)8(3,4)5;/h3-6,8H,7H2,1-2H3;7H,6H2,1-5H3;8,10H,5-7H2,1-4H3;6H,1-5H3;6H,1-5H3;1H4. The van der Waals surface area contributed by atoms with Crippen molar-refractivity contribution in [2.24, 2.45) is 17.3 Å². The van der Waals surface area contributed by atoms with Crippen LogP contribution in [0.5, 0.6) is 0 Å². The Morgan fingerprint density at radius 1 is 0.759 bits per heavy atom. The SMILES string of the molecule is C.CC(=O)OC(C)(C)CC(C)C.CC(C)OC(=O)C(C)(C)C.CC(C)OCc1cccnc1.CCC(O)(CC)CC(C)C.COC(=O)C(C)(C)OC(C)C. The minimum absolute atomic E-state index is 0. The van der Waals surface area contributed by atoms with Gasteiger partial charge >= 0.3 is 17.9 Å². The highest BCUT2D eigenvalue weighted by molar-refractivity contribution is 5.78. The van der Waals surface area contributed by atoms with Gasteiger partial charge in [0.25, 0.3) is 0 Å². The Hall–Kier alpha value is -2.56. The van der Waals surface area contributed by atoms with Crippen molar-refractivity contribution in [3.05, 3.63) is 30.1 Å². The highest BCUT2D eigenvalue weighted by Gasteiger charge is 2.30. The lowest BCUT2D eigenvalue weighted by molar-refractivity contribution is -0.169. The lowest BCUT2D eigenvalue weighted by Crippen LogP contribution is -2.38. The summed E-state index contributed by atoms with van der Waals surface area (Å²) in [7, 11) is 1.35. The molecular formula is C44H87NO9. The largest absolute Gasteiger partial charge is 0.467 e. The van der Waals surface area contributed by atoms with Gasteiger partial charge in [0.05, 0.1) is 43.0 Å². The second-order valence-electron chi connectivity index (χ2n) is 17.1. The van der Waals surface area contributed by atoms with Gasteiger partial charge in [-0.1, -0.05) is 55.0 Å². The van der Waals surface area contributed by atoms with Gasteiger partial charge in [0.2, 0.25) is 0 Å². The Kier molecular flexibility index (Phi) is 34.4. The maximum absolute atomic E-state index is 11.1. The molecule has 1 aromatic rings. The average Bonchev–Trinajstić information content (AvgIpc) is 2.98. The molecule has 0 aromatic carbocycles. The fourth-order valence-corrected chi connectivity index (χ4v) is 4.73. The highest BCUT2D eigenvalue weighted by atomic mass is 16.6. The van der Waals surface area contributed by atoms with Gasteiger partial charge in [-0.3, -0.25) is 14.6 Å². The van der Waals surface area contributed by atoms with Gasteiger partial charge in [-0.15, -0.1) is 0 Å². The van der Waals surface area contributed by atoms with Crippen molar-refractivity contribution in [2.45, 2.75) is 213 Å². The molecule has 1 heterocycles. The predicted molar refractivity (Wildman–Crippen MR) is 224 cm³/mol. The summed E-state index contributed by atoms with van der Waals surface area (Å²) in [4.78, 5) is 36.7. The van der Waals surface area contributed by atoms with Crippen LogP contribution >= 0.6 is 0 Å². The van der Waals surface area contributed by atoms with Gasteiger partial charge in [-0.05, 0) is 139 Å². The smallest absolute Gasteiger partial charge is 0.337 e. The van der Waals surface area contributed by atoms with Crippen molar-refractivity contribution >= 4 is 17.9 Å². The van der Waals surface area contributed by atoms with Gasteiger partial charge < -0.3 is 28.8 Å². The molecule has 0 radical (unpaired) electrons. The van der Waals surface area contributed by atoms with Crippen molar-refractivity contribution in [1.29, 1.82) is 0 Å². The number of pyridine rings is 1. The predicted octanol–water partition coefficient (Wildman–Crippen LogP) is 10.9. The van der Waals surface area contributed by atoms with Gasteiger partial charge in [0, 0.05) is 19.3 Å². The molecule has 0 aliphatic carbocycles. The van der Waals surface area contributed by atoms with Gasteiger partial charge in [-0.2, -0.15) is 0 Å². The Morgan fingerprint density at radius 2 is 1.24 bits per heavy atom. The number of ether oxygens (including phenoxy) is 5. The molecule has 0 fully saturated rings. The van der Waals surface area contributed by atoms with Crippen molar-refractivity contribution in [3.8, 4) is 0 Å². The van der Waals surface area contributed by atoms with Crippen LogP contribution in [-0.4, -0.2) is 70.2 Å². The first kappa shape index (κ1) is 60.7. The van der Waals surface area contributed by atoms with Crippen LogP contribution < -0.4 is 0 Å². The summed E-state index contributed by atoms with van der Waals surface area (Å²) in [5, 5.41) is 9.80. The Bertz CT molecular complexity index is 1070. The van der Waals surface area contributed by atoms with E-state index in [1.807, 2.05) is 108 Å². The van der Waals surface area contributed by atoms with Crippen LogP contribution in [0.1, 0.15) is 177 Å². The molecule has 0 unspecified atom stereocenters. The number of nitrogens with zero attached hydrogens (tertiary/aromatic N) is 1. The number of esters is 3. The first-order valence-corrected chi connectivity index (χ1v) is 19.3. The number of hydrogen-bond acceptors (Lipinski definition) is 10. The number of aliphatic hydroxyl groups is 1. The first-order valence-electron chi connectivity index (χ1n) is 19.3. The molecule has 1 aromatic heterocycles. The van der Waals surface area contributed by atoms with E-state index in [0.717, 1.165) is 31.2 Å². The Morgan fingerprint density at radius 3 is 1.50 bits per heavy atom. The maximum atomic E-state index is 11.1. The van der Waals surface area contributed by atoms with Crippen molar-refractivity contribution < 1.29 is 43.2 Å². The molecule has 322 valence electrons. The zero-order valence-corrected chi connectivity index (χ0v) is 37.9. The zero-order valence-electron chi connectivity index (χ0n) is 37.9. The molecule has 54 heavy (non-hydrogen) atoms. The van der Waals surface area contributed by atoms with Crippen molar-refractivity contribution in [3.63, 3.8) is 0 Å². The van der Waals surface area contributed by atoms with Crippen molar-refractivity contribution in [2.75, 3.05) is 7.11 Å². The molecule has 1 rings (SSSR count). The van der Waals surface area contributed by atoms with E-state index in [1.165, 1.54) is 14.0 Å². The van der Waals surface area contributed by atoms with Gasteiger partial charge in [0.1, 0.15) is 5.60 Å². The molecule has 0 bridgehead atoms. The third kappa shape index (κ3) is 39.1. The molecule has 0 saturated heterocycles. The molecule has 0 amide bonds. The molecule has 10 nitrogen and oxygen atoms in total. The quantitative estimate of drug-likeness (QED) is 0.144. The summed E-state index contributed by atoms with van der Waals surface area (Å²) in [6.07, 6.45) is 7.49. The van der Waals surface area contributed by atoms with E-state index in [9.17, 15) is 19.5 Å². The lowest BCUT2D eigenvalue weighted by atomic mass is 9.88. The second-order valence-corrected chi connectivity index (χ2v) is 17.1. The molecule has 0 aliphatic heterocycles. The molecule has 0 spiro atoms. The van der Waals surface area contributed by atoms with Crippen LogP contribution in [0.4, 0.5) is 0 Å². The third-order valence-electron chi connectivity index (χ3n) is 6.89. The molecule has 0 atom stereocenters. The van der Waals surface area contributed by atoms with E-state index in [-0.39, 0.29) is 54.7 Å². The highest BCUT2D eigenvalue weighted by Crippen LogP contribution is 2.23. The first-order chi connectivity index (χ1) is 23.9. The summed E-state index contributed by atoms with van der Waals surface area (Å²) < 4.78 is 25.3. The average molecular weight is 774 g/mol. The Balaban J connectivity index is -0.000000185. The van der Waals surface area contributed by atoms with Crippen LogP contribution in [0.25, 0.3) is 0 Å². The fraction of sp³-hybridized carbons (Fsp3) is 0.818. The van der Waals surface area contributed by atoms with Crippen LogP contribution in [0, 0.1) is 17.3 Å². The van der Waals surface area contributed by atoms with E-state index in [4.69, 9.17) is 18.9 Å². The summed E-state index contributed by atoms with van der Waals surface area (Å²) in [6, 6.07) is 3.92. The summed E-state index contributed by atoms with van der Waals surface area (Å²) >= 11 is 0. The fourth-order valence-electron chi connectivity index (χ4n) is 4.73. The van der Waals surface area contributed by atoms with E-state index >= 15 is 0 Å². The van der Waals surface area contributed by atoms with Crippen LogP contribution in [0.2, 0.25) is 0 Å². The number of aromatic nitrogens is 1. The minimum atomic E-state index is -0.830. The normalized spacial score (nSPS) is 11.5. The molecule has 0 aliphatic rings. The topological polar surface area (TPSA) is 130 Å². The summed E-state index contributed by atoms with van der Waals surface area (Å²) in [5.74, 6) is 0.485. The number of carbonyl (C=O) groups excluding carboxylic acids is 3. The number of hydrogen-bond donors (Lipinski definition) is 1. The van der Waals surface area contributed by atoms with E-state index in [2.05, 4.69) is 37.4 Å². The van der Waals surface area contributed by atoms with Crippen LogP contribution in [0.15, 0.2) is 24.5 Å². The van der Waals surface area contributed by atoms with E-state index < -0.39 is 11.2 Å². The maximum Gasteiger partial charge on any atom is 0.337 e. The van der Waals surface area contributed by atoms with Gasteiger partial charge in [0.15, 0.2) is 5.60 Å². The summed E-state index contributed by atoms with van der Waals surface area (Å²) in [6.45, 7) is 39.0. The van der Waals surface area contributed by atoms with E-state index in [0.29, 0.717) is 18.4 Å². The van der Waals surface area contributed by atoms with Gasteiger partial charge in [-0.25, -0.2) is 4.79 Å². The van der Waals surface area contributed by atoms with E-state index in [1.54, 1.807) is 20.0 Å². The van der Waals surface area contributed by atoms with Crippen molar-refractivity contribution in [1.82, 2.24) is 4.98 Å². The zero-order chi connectivity index (χ0) is 42.8. The molecule has 10 heteroatoms. The minimum Gasteiger partial charge on any atom is -0.467 e. The molecule has 0 saturated carbocycles. The molecule has 1 N–H and O–H groups in total. The third-order valence-corrected chi connectivity index (χ3v) is 6.89. The summed E-state index contributed by atoms with van der Waals surface area (Å²) in [5.41, 5.74) is -0.775. The van der Waals surface area contributed by atoms with Crippen LogP contribution in [-0.2, 0) is 44.7 Å². The number of rotatable bonds is 14. The number of methoxy groups -OCH3 is 1. The second kappa shape index (κ2) is 30.6. The molecular weight excluding hydrogens is 686 g/mol.